The number of aromatic amines is 1. The molecule has 2 aromatic carbocycles. The van der Waals surface area contributed by atoms with Gasteiger partial charge in [-0.3, -0.25) is 9.69 Å². The van der Waals surface area contributed by atoms with Crippen molar-refractivity contribution in [2.24, 2.45) is 5.92 Å². The van der Waals surface area contributed by atoms with Crippen LogP contribution in [0.15, 0.2) is 48.5 Å². The van der Waals surface area contributed by atoms with Crippen molar-refractivity contribution in [2.75, 3.05) is 13.6 Å². The van der Waals surface area contributed by atoms with Gasteiger partial charge in [0.2, 0.25) is 5.91 Å². The van der Waals surface area contributed by atoms with Crippen LogP contribution in [0.1, 0.15) is 36.7 Å². The van der Waals surface area contributed by atoms with Crippen molar-refractivity contribution in [3.63, 3.8) is 0 Å². The molecule has 0 spiro atoms. The number of halogens is 1. The van der Waals surface area contributed by atoms with E-state index in [0.29, 0.717) is 35.5 Å². The van der Waals surface area contributed by atoms with Crippen LogP contribution in [0.2, 0.25) is 0 Å². The first-order chi connectivity index (χ1) is 14.1. The fraction of sp³-hybridized carbons (Fsp3) is 0.391. The highest BCUT2D eigenvalue weighted by Crippen LogP contribution is 2.45. The third-order valence-corrected chi connectivity index (χ3v) is 6.44. The fourth-order valence-electron chi connectivity index (χ4n) is 5.13. The average molecular weight is 392 g/mol. The Labute approximate surface area is 169 Å². The summed E-state index contributed by atoms with van der Waals surface area (Å²) in [6.45, 7) is 1.46. The van der Waals surface area contributed by atoms with E-state index >= 15 is 0 Å². The average Bonchev–Trinajstić information content (AvgIpc) is 3.42. The Morgan fingerprint density at radius 1 is 1.28 bits per heavy atom. The minimum absolute atomic E-state index is 0.00882. The molecule has 3 atom stereocenters. The van der Waals surface area contributed by atoms with Crippen LogP contribution >= 0.6 is 0 Å². The number of H-pyrrole nitrogens is 1. The molecule has 2 aliphatic rings. The number of nitrogens with one attached hydrogen (secondary N) is 1. The van der Waals surface area contributed by atoms with Gasteiger partial charge < -0.3 is 9.88 Å². The summed E-state index contributed by atoms with van der Waals surface area (Å²) in [7, 11) is 1.84. The zero-order valence-corrected chi connectivity index (χ0v) is 16.5. The van der Waals surface area contributed by atoms with Gasteiger partial charge in [-0.25, -0.2) is 9.37 Å². The Hall–Kier alpha value is -2.73. The summed E-state index contributed by atoms with van der Waals surface area (Å²) in [5, 5.41) is 0. The van der Waals surface area contributed by atoms with Gasteiger partial charge in [0.05, 0.1) is 23.5 Å². The Bertz CT molecular complexity index is 1030. The van der Waals surface area contributed by atoms with Gasteiger partial charge in [-0.05, 0) is 49.6 Å². The van der Waals surface area contributed by atoms with Crippen LogP contribution in [0.4, 0.5) is 4.39 Å². The molecule has 5 rings (SSSR count). The molecule has 1 aromatic heterocycles. The van der Waals surface area contributed by atoms with E-state index in [2.05, 4.69) is 39.1 Å². The van der Waals surface area contributed by atoms with E-state index in [1.54, 1.807) is 11.0 Å². The fourth-order valence-corrected chi connectivity index (χ4v) is 5.13. The van der Waals surface area contributed by atoms with Crippen molar-refractivity contribution in [3.8, 4) is 0 Å². The van der Waals surface area contributed by atoms with E-state index in [4.69, 9.17) is 0 Å². The highest BCUT2D eigenvalue weighted by atomic mass is 19.1. The molecule has 1 amide bonds. The van der Waals surface area contributed by atoms with Gasteiger partial charge in [-0.1, -0.05) is 30.3 Å². The molecule has 6 heteroatoms. The lowest BCUT2D eigenvalue weighted by molar-refractivity contribution is -0.135. The van der Waals surface area contributed by atoms with E-state index in [9.17, 15) is 9.18 Å². The number of carbonyl (C=O) groups excluding carboxylic acids is 1. The SMILES string of the molecule is CN(Cc1nc2ccc(F)cc2[nH]1)C(=O)[C@H]1C[C@@H](c2ccccc2)N2CCC[C@H]12. The number of imidazole rings is 1. The van der Waals surface area contributed by atoms with E-state index in [0.717, 1.165) is 25.8 Å². The number of aromatic nitrogens is 2. The molecule has 0 aliphatic carbocycles. The summed E-state index contributed by atoms with van der Waals surface area (Å²) in [6.07, 6.45) is 3.09. The molecular formula is C23H25FN4O. The Balaban J connectivity index is 1.33. The van der Waals surface area contributed by atoms with Gasteiger partial charge in [-0.15, -0.1) is 0 Å². The minimum Gasteiger partial charge on any atom is -0.340 e. The van der Waals surface area contributed by atoms with Crippen molar-refractivity contribution in [2.45, 2.75) is 37.9 Å². The van der Waals surface area contributed by atoms with E-state index < -0.39 is 0 Å². The molecule has 3 heterocycles. The van der Waals surface area contributed by atoms with E-state index in [1.165, 1.54) is 17.7 Å². The second-order valence-corrected chi connectivity index (χ2v) is 8.26. The maximum Gasteiger partial charge on any atom is 0.227 e. The largest absolute Gasteiger partial charge is 0.340 e. The summed E-state index contributed by atoms with van der Waals surface area (Å²) in [6, 6.07) is 15.7. The number of amides is 1. The summed E-state index contributed by atoms with van der Waals surface area (Å²) in [4.78, 5) is 25.3. The Morgan fingerprint density at radius 3 is 2.93 bits per heavy atom. The van der Waals surface area contributed by atoms with Crippen LogP contribution in [0.25, 0.3) is 11.0 Å². The molecule has 5 nitrogen and oxygen atoms in total. The van der Waals surface area contributed by atoms with Crippen LogP contribution in [0.5, 0.6) is 0 Å². The van der Waals surface area contributed by atoms with Crippen LogP contribution in [0, 0.1) is 11.7 Å². The highest BCUT2D eigenvalue weighted by molar-refractivity contribution is 5.80. The van der Waals surface area contributed by atoms with Gasteiger partial charge in [-0.2, -0.15) is 0 Å². The van der Waals surface area contributed by atoms with Gasteiger partial charge in [0.25, 0.3) is 0 Å². The zero-order chi connectivity index (χ0) is 20.0. The number of benzene rings is 2. The normalized spacial score (nSPS) is 24.1. The number of hydrogen-bond acceptors (Lipinski definition) is 3. The monoisotopic (exact) mass is 392 g/mol. The van der Waals surface area contributed by atoms with Crippen LogP contribution in [-0.4, -0.2) is 45.3 Å². The topological polar surface area (TPSA) is 52.2 Å². The lowest BCUT2D eigenvalue weighted by Gasteiger charge is -2.25. The smallest absolute Gasteiger partial charge is 0.227 e. The lowest BCUT2D eigenvalue weighted by Crippen LogP contribution is -2.38. The van der Waals surface area contributed by atoms with E-state index in [1.807, 2.05) is 13.1 Å². The van der Waals surface area contributed by atoms with Crippen molar-refractivity contribution >= 4 is 16.9 Å². The van der Waals surface area contributed by atoms with Gasteiger partial charge in [0.1, 0.15) is 11.6 Å². The second-order valence-electron chi connectivity index (χ2n) is 8.26. The number of rotatable bonds is 4. The number of nitrogens with zero attached hydrogens (tertiary/aromatic N) is 3. The molecule has 0 radical (unpaired) electrons. The third-order valence-electron chi connectivity index (χ3n) is 6.44. The summed E-state index contributed by atoms with van der Waals surface area (Å²) < 4.78 is 13.4. The maximum atomic E-state index is 13.4. The first-order valence-corrected chi connectivity index (χ1v) is 10.3. The minimum atomic E-state index is -0.295. The molecule has 0 saturated carbocycles. The van der Waals surface area contributed by atoms with Gasteiger partial charge in [0, 0.05) is 19.1 Å². The number of hydrogen-bond donors (Lipinski definition) is 1. The summed E-state index contributed by atoms with van der Waals surface area (Å²) in [5.41, 5.74) is 2.68. The van der Waals surface area contributed by atoms with Crippen molar-refractivity contribution in [1.29, 1.82) is 0 Å². The van der Waals surface area contributed by atoms with Crippen molar-refractivity contribution in [1.82, 2.24) is 19.8 Å². The predicted molar refractivity (Wildman–Crippen MR) is 110 cm³/mol. The van der Waals surface area contributed by atoms with Crippen LogP contribution in [-0.2, 0) is 11.3 Å². The molecule has 150 valence electrons. The quantitative estimate of drug-likeness (QED) is 0.733. The van der Waals surface area contributed by atoms with Crippen LogP contribution < -0.4 is 0 Å². The summed E-state index contributed by atoms with van der Waals surface area (Å²) >= 11 is 0. The zero-order valence-electron chi connectivity index (χ0n) is 16.5. The maximum absolute atomic E-state index is 13.4. The molecule has 2 aliphatic heterocycles. The molecule has 0 bridgehead atoms. The number of fused-ring (bicyclic) bond motifs is 2. The van der Waals surface area contributed by atoms with Crippen molar-refractivity contribution in [3.05, 3.63) is 65.7 Å². The molecule has 1 N–H and O–H groups in total. The molecule has 2 fully saturated rings. The van der Waals surface area contributed by atoms with Crippen molar-refractivity contribution < 1.29 is 9.18 Å². The first kappa shape index (κ1) is 18.3. The Kier molecular flexibility index (Phi) is 4.59. The summed E-state index contributed by atoms with van der Waals surface area (Å²) in [5.74, 6) is 0.570. The van der Waals surface area contributed by atoms with E-state index in [-0.39, 0.29) is 17.6 Å². The van der Waals surface area contributed by atoms with Gasteiger partial charge in [0.15, 0.2) is 0 Å². The molecular weight excluding hydrogens is 367 g/mol. The lowest BCUT2D eigenvalue weighted by atomic mass is 9.93. The highest BCUT2D eigenvalue weighted by Gasteiger charge is 2.47. The Morgan fingerprint density at radius 2 is 2.10 bits per heavy atom. The first-order valence-electron chi connectivity index (χ1n) is 10.3. The molecule has 0 unspecified atom stereocenters. The van der Waals surface area contributed by atoms with Gasteiger partial charge >= 0.3 is 0 Å². The third kappa shape index (κ3) is 3.31. The predicted octanol–water partition coefficient (Wildman–Crippen LogP) is 3.89. The molecule has 3 aromatic rings. The molecule has 29 heavy (non-hydrogen) atoms. The second kappa shape index (κ2) is 7.26. The molecule has 2 saturated heterocycles. The number of carbonyl (C=O) groups is 1. The standard InChI is InChI=1S/C23H25FN4O/c1-27(14-22-25-18-10-9-16(24)12-19(18)26-22)23(29)17-13-21(15-6-3-2-4-7-15)28-11-5-8-20(17)28/h2-4,6-7,9-10,12,17,20-21H,5,8,11,13-14H2,1H3,(H,25,26)/t17-,20+,21-/m0/s1. The van der Waals surface area contributed by atoms with Crippen LogP contribution in [0.3, 0.4) is 0 Å².